The van der Waals surface area contributed by atoms with Crippen molar-refractivity contribution in [3.8, 4) is 0 Å². The molecule has 3 atom stereocenters. The molecule has 0 radical (unpaired) electrons. The molecule has 0 saturated heterocycles. The number of hydrogen-bond acceptors (Lipinski definition) is 3. The van der Waals surface area contributed by atoms with Gasteiger partial charge in [-0.1, -0.05) is 72.8 Å². The summed E-state index contributed by atoms with van der Waals surface area (Å²) in [6.07, 6.45) is 1.35. The Kier molecular flexibility index (Phi) is 6.96. The summed E-state index contributed by atoms with van der Waals surface area (Å²) in [6, 6.07) is 28.2. The second-order valence-electron chi connectivity index (χ2n) is 11.4. The molecule has 0 fully saturated rings. The zero-order valence-electron chi connectivity index (χ0n) is 23.6. The SMILES string of the molecule is CC(C)N(C(C)C)[C@@H]1O[C@@]2(c3ccccc3)C(=Cc3ccc(F)cc3[C@H]2C(=O)c2ccccc2)c2cc(F)ccc21. The van der Waals surface area contributed by atoms with Crippen molar-refractivity contribution < 1.29 is 18.3 Å². The number of fused-ring (bicyclic) bond motifs is 4. The van der Waals surface area contributed by atoms with Gasteiger partial charge in [0.15, 0.2) is 5.78 Å². The minimum atomic E-state index is -1.36. The van der Waals surface area contributed by atoms with E-state index in [9.17, 15) is 9.18 Å². The fourth-order valence-electron chi connectivity index (χ4n) is 6.72. The summed E-state index contributed by atoms with van der Waals surface area (Å²) in [6.45, 7) is 8.41. The van der Waals surface area contributed by atoms with E-state index < -0.39 is 23.6 Å². The Labute approximate surface area is 240 Å². The Bertz CT molecular complexity index is 1620. The quantitative estimate of drug-likeness (QED) is 0.226. The molecule has 4 aromatic rings. The molecule has 0 N–H and O–H groups in total. The number of ketones is 1. The van der Waals surface area contributed by atoms with Gasteiger partial charge in [0.25, 0.3) is 0 Å². The molecule has 1 aliphatic carbocycles. The smallest absolute Gasteiger partial charge is 0.173 e. The van der Waals surface area contributed by atoms with Crippen molar-refractivity contribution in [2.75, 3.05) is 0 Å². The topological polar surface area (TPSA) is 29.5 Å². The zero-order chi connectivity index (χ0) is 28.9. The van der Waals surface area contributed by atoms with Crippen molar-refractivity contribution in [1.29, 1.82) is 0 Å². The first kappa shape index (κ1) is 27.3. The number of Topliss-reactive ketones (excluding diaryl/α,β-unsaturated/α-hetero) is 1. The van der Waals surface area contributed by atoms with Crippen LogP contribution in [0.25, 0.3) is 11.6 Å². The molecular weight excluding hydrogens is 516 g/mol. The number of rotatable bonds is 6. The average Bonchev–Trinajstić information content (AvgIpc) is 2.96. The lowest BCUT2D eigenvalue weighted by Gasteiger charge is -2.53. The van der Waals surface area contributed by atoms with Gasteiger partial charge in [0.2, 0.25) is 0 Å². The van der Waals surface area contributed by atoms with Crippen LogP contribution in [0.15, 0.2) is 97.1 Å². The highest BCUT2D eigenvalue weighted by Gasteiger charge is 2.57. The molecule has 0 bridgehead atoms. The highest BCUT2D eigenvalue weighted by molar-refractivity contribution is 6.07. The molecule has 0 amide bonds. The molecule has 208 valence electrons. The van der Waals surface area contributed by atoms with Crippen LogP contribution in [0.5, 0.6) is 0 Å². The summed E-state index contributed by atoms with van der Waals surface area (Å²) < 4.78 is 37.4. The number of carbonyl (C=O) groups excluding carboxylic acids is 1. The number of ether oxygens (including phenoxy) is 1. The first-order valence-electron chi connectivity index (χ1n) is 14.1. The van der Waals surface area contributed by atoms with E-state index in [1.165, 1.54) is 18.2 Å². The molecule has 3 nitrogen and oxygen atoms in total. The first-order valence-corrected chi connectivity index (χ1v) is 14.1. The molecular formula is C36H33F2NO2. The maximum atomic E-state index is 15.1. The van der Waals surface area contributed by atoms with Crippen LogP contribution in [0.3, 0.4) is 0 Å². The van der Waals surface area contributed by atoms with Gasteiger partial charge in [-0.2, -0.15) is 0 Å². The molecule has 1 aliphatic heterocycles. The third-order valence-electron chi connectivity index (χ3n) is 8.32. The van der Waals surface area contributed by atoms with E-state index >= 15 is 4.39 Å². The van der Waals surface area contributed by atoms with Crippen molar-refractivity contribution in [1.82, 2.24) is 4.90 Å². The van der Waals surface area contributed by atoms with Gasteiger partial charge in [0.05, 0.1) is 5.92 Å². The third kappa shape index (κ3) is 4.44. The van der Waals surface area contributed by atoms with Gasteiger partial charge in [-0.25, -0.2) is 8.78 Å². The van der Waals surface area contributed by atoms with Crippen molar-refractivity contribution >= 4 is 17.4 Å². The molecule has 0 aromatic heterocycles. The van der Waals surface area contributed by atoms with Gasteiger partial charge >= 0.3 is 0 Å². The normalized spacial score (nSPS) is 21.3. The third-order valence-corrected chi connectivity index (χ3v) is 8.32. The van der Waals surface area contributed by atoms with Crippen molar-refractivity contribution in [3.05, 3.63) is 142 Å². The summed E-state index contributed by atoms with van der Waals surface area (Å²) in [4.78, 5) is 17.0. The molecule has 0 spiro atoms. The summed E-state index contributed by atoms with van der Waals surface area (Å²) in [5, 5.41) is 0. The molecule has 2 aliphatic rings. The Balaban J connectivity index is 1.74. The van der Waals surface area contributed by atoms with Crippen molar-refractivity contribution in [2.45, 2.75) is 57.5 Å². The van der Waals surface area contributed by atoms with Crippen molar-refractivity contribution in [2.24, 2.45) is 0 Å². The number of halogens is 2. The fraction of sp³-hybridized carbons (Fsp3) is 0.250. The second kappa shape index (κ2) is 10.5. The van der Waals surface area contributed by atoms with Gasteiger partial charge in [-0.05, 0) is 85.9 Å². The first-order chi connectivity index (χ1) is 19.7. The highest BCUT2D eigenvalue weighted by atomic mass is 19.1. The van der Waals surface area contributed by atoms with Gasteiger partial charge in [-0.3, -0.25) is 9.69 Å². The average molecular weight is 550 g/mol. The van der Waals surface area contributed by atoms with E-state index in [2.05, 4.69) is 32.6 Å². The van der Waals surface area contributed by atoms with Gasteiger partial charge in [-0.15, -0.1) is 0 Å². The lowest BCUT2D eigenvalue weighted by Crippen LogP contribution is -2.52. The van der Waals surface area contributed by atoms with E-state index in [0.29, 0.717) is 27.8 Å². The van der Waals surface area contributed by atoms with Gasteiger partial charge < -0.3 is 4.74 Å². The largest absolute Gasteiger partial charge is 0.342 e. The molecule has 5 heteroatoms. The van der Waals surface area contributed by atoms with Crippen LogP contribution in [0, 0.1) is 11.6 Å². The molecule has 0 saturated carbocycles. The minimum Gasteiger partial charge on any atom is -0.342 e. The predicted octanol–water partition coefficient (Wildman–Crippen LogP) is 8.53. The highest BCUT2D eigenvalue weighted by Crippen LogP contribution is 2.61. The lowest BCUT2D eigenvalue weighted by molar-refractivity contribution is -0.167. The van der Waals surface area contributed by atoms with E-state index in [4.69, 9.17) is 4.74 Å². The molecule has 41 heavy (non-hydrogen) atoms. The number of nitrogens with zero attached hydrogens (tertiary/aromatic N) is 1. The van der Waals surface area contributed by atoms with Gasteiger partial charge in [0.1, 0.15) is 23.5 Å². The Morgan fingerprint density at radius 2 is 1.39 bits per heavy atom. The molecule has 0 unspecified atom stereocenters. The van der Waals surface area contributed by atoms with Crippen LogP contribution in [-0.4, -0.2) is 22.8 Å². The van der Waals surface area contributed by atoms with E-state index in [1.807, 2.05) is 54.6 Å². The van der Waals surface area contributed by atoms with Crippen LogP contribution < -0.4 is 0 Å². The van der Waals surface area contributed by atoms with E-state index in [1.54, 1.807) is 30.3 Å². The monoisotopic (exact) mass is 549 g/mol. The fourth-order valence-corrected chi connectivity index (χ4v) is 6.72. The standard InChI is InChI=1S/C36H33F2NO2/c1-22(2)39(23(3)4)35-29-18-17-28(38)21-31(29)32-19-25-15-16-27(37)20-30(25)33(34(40)24-11-7-5-8-12-24)36(32,41-35)26-13-9-6-10-14-26/h5-23,33,35H,1-4H3/t33-,35+,36-/m0/s1. The van der Waals surface area contributed by atoms with Crippen LogP contribution in [-0.2, 0) is 10.3 Å². The Hall–Kier alpha value is -3.93. The molecule has 1 heterocycles. The number of hydrogen-bond donors (Lipinski definition) is 0. The lowest BCUT2D eigenvalue weighted by atomic mass is 9.62. The Morgan fingerprint density at radius 1 is 0.780 bits per heavy atom. The molecule has 6 rings (SSSR count). The Morgan fingerprint density at radius 3 is 2.05 bits per heavy atom. The minimum absolute atomic E-state index is 0.0767. The van der Waals surface area contributed by atoms with Crippen LogP contribution in [0.1, 0.15) is 78.0 Å². The van der Waals surface area contributed by atoms with Crippen LogP contribution in [0.2, 0.25) is 0 Å². The summed E-state index contributed by atoms with van der Waals surface area (Å²) in [5.74, 6) is -1.92. The second-order valence-corrected chi connectivity index (χ2v) is 11.4. The van der Waals surface area contributed by atoms with Crippen LogP contribution >= 0.6 is 0 Å². The summed E-state index contributed by atoms with van der Waals surface area (Å²) in [5.41, 5.74) is 3.37. The van der Waals surface area contributed by atoms with Gasteiger partial charge in [0, 0.05) is 23.2 Å². The zero-order valence-corrected chi connectivity index (χ0v) is 23.6. The van der Waals surface area contributed by atoms with E-state index in [-0.39, 0.29) is 23.7 Å². The van der Waals surface area contributed by atoms with E-state index in [0.717, 1.165) is 11.1 Å². The van der Waals surface area contributed by atoms with Crippen molar-refractivity contribution in [3.63, 3.8) is 0 Å². The maximum Gasteiger partial charge on any atom is 0.173 e. The summed E-state index contributed by atoms with van der Waals surface area (Å²) >= 11 is 0. The number of carbonyl (C=O) groups is 1. The predicted molar refractivity (Wildman–Crippen MR) is 158 cm³/mol. The van der Waals surface area contributed by atoms with Crippen LogP contribution in [0.4, 0.5) is 8.78 Å². The number of benzene rings is 4. The maximum absolute atomic E-state index is 15.1. The molecule has 4 aromatic carbocycles. The summed E-state index contributed by atoms with van der Waals surface area (Å²) in [7, 11) is 0.